The molecule has 0 saturated heterocycles. The molecule has 3 rings (SSSR count). The predicted octanol–water partition coefficient (Wildman–Crippen LogP) is 5.52. The van der Waals surface area contributed by atoms with Gasteiger partial charge in [-0.3, -0.25) is 9.78 Å². The standard InChI is InChI=1S/C18H12Cl2FN3O/c19-12-2-1-3-13(7-12)24-18(25)11-6-15(10-22-9-11)23-14-4-5-17(21)16(20)8-14/h1-10,23H,(H,24,25). The highest BCUT2D eigenvalue weighted by Gasteiger charge is 2.09. The zero-order valence-electron chi connectivity index (χ0n) is 12.8. The van der Waals surface area contributed by atoms with Crippen LogP contribution in [0.1, 0.15) is 10.4 Å². The van der Waals surface area contributed by atoms with Gasteiger partial charge in [-0.1, -0.05) is 29.3 Å². The van der Waals surface area contributed by atoms with E-state index in [4.69, 9.17) is 23.2 Å². The van der Waals surface area contributed by atoms with Crippen LogP contribution in [0.15, 0.2) is 60.9 Å². The number of halogens is 3. The molecular formula is C18H12Cl2FN3O. The van der Waals surface area contributed by atoms with E-state index in [1.165, 1.54) is 18.3 Å². The number of amides is 1. The quantitative estimate of drug-likeness (QED) is 0.630. The number of carbonyl (C=O) groups is 1. The molecule has 126 valence electrons. The first-order valence-electron chi connectivity index (χ1n) is 7.25. The van der Waals surface area contributed by atoms with Crippen LogP contribution < -0.4 is 10.6 Å². The highest BCUT2D eigenvalue weighted by molar-refractivity contribution is 6.31. The fourth-order valence-electron chi connectivity index (χ4n) is 2.14. The van der Waals surface area contributed by atoms with Gasteiger partial charge in [0.2, 0.25) is 0 Å². The molecule has 4 nitrogen and oxygen atoms in total. The molecule has 0 spiro atoms. The lowest BCUT2D eigenvalue weighted by Gasteiger charge is -2.09. The van der Waals surface area contributed by atoms with Crippen molar-refractivity contribution in [3.63, 3.8) is 0 Å². The number of nitrogens with one attached hydrogen (secondary N) is 2. The Morgan fingerprint density at radius 2 is 1.80 bits per heavy atom. The minimum absolute atomic E-state index is 0.00723. The number of carbonyl (C=O) groups excluding carboxylic acids is 1. The second kappa shape index (κ2) is 7.51. The highest BCUT2D eigenvalue weighted by atomic mass is 35.5. The molecule has 1 heterocycles. The van der Waals surface area contributed by atoms with Gasteiger partial charge in [0.15, 0.2) is 0 Å². The summed E-state index contributed by atoms with van der Waals surface area (Å²) in [6.45, 7) is 0. The summed E-state index contributed by atoms with van der Waals surface area (Å²) in [6.07, 6.45) is 3.00. The SMILES string of the molecule is O=C(Nc1cccc(Cl)c1)c1cncc(Nc2ccc(F)c(Cl)c2)c1. The minimum Gasteiger partial charge on any atom is -0.354 e. The average molecular weight is 376 g/mol. The first kappa shape index (κ1) is 17.2. The lowest BCUT2D eigenvalue weighted by molar-refractivity contribution is 0.102. The van der Waals surface area contributed by atoms with Crippen molar-refractivity contribution in [1.82, 2.24) is 4.98 Å². The number of anilines is 3. The van der Waals surface area contributed by atoms with Gasteiger partial charge in [-0.25, -0.2) is 4.39 Å². The van der Waals surface area contributed by atoms with E-state index in [-0.39, 0.29) is 10.9 Å². The van der Waals surface area contributed by atoms with Crippen LogP contribution in [-0.4, -0.2) is 10.9 Å². The van der Waals surface area contributed by atoms with Gasteiger partial charge < -0.3 is 10.6 Å². The van der Waals surface area contributed by atoms with Gasteiger partial charge in [0.1, 0.15) is 5.82 Å². The van der Waals surface area contributed by atoms with Crippen LogP contribution >= 0.6 is 23.2 Å². The van der Waals surface area contributed by atoms with Crippen molar-refractivity contribution in [2.24, 2.45) is 0 Å². The first-order valence-corrected chi connectivity index (χ1v) is 8.01. The number of benzene rings is 2. The molecule has 2 aromatic carbocycles. The minimum atomic E-state index is -0.500. The fraction of sp³-hybridized carbons (Fsp3) is 0. The predicted molar refractivity (Wildman–Crippen MR) is 98.3 cm³/mol. The lowest BCUT2D eigenvalue weighted by atomic mass is 10.2. The Bertz CT molecular complexity index is 934. The van der Waals surface area contributed by atoms with Gasteiger partial charge in [0.05, 0.1) is 22.5 Å². The Balaban J connectivity index is 1.76. The van der Waals surface area contributed by atoms with Crippen molar-refractivity contribution in [3.8, 4) is 0 Å². The Labute approximate surface area is 153 Å². The van der Waals surface area contributed by atoms with Crippen molar-refractivity contribution in [2.75, 3.05) is 10.6 Å². The van der Waals surface area contributed by atoms with Crippen LogP contribution in [0, 0.1) is 5.82 Å². The number of pyridine rings is 1. The summed E-state index contributed by atoms with van der Waals surface area (Å²) >= 11 is 11.7. The van der Waals surface area contributed by atoms with E-state index in [1.807, 2.05) is 0 Å². The number of hydrogen-bond donors (Lipinski definition) is 2. The molecule has 0 fully saturated rings. The molecule has 0 aliphatic rings. The van der Waals surface area contributed by atoms with Gasteiger partial charge >= 0.3 is 0 Å². The highest BCUT2D eigenvalue weighted by Crippen LogP contribution is 2.23. The van der Waals surface area contributed by atoms with Crippen molar-refractivity contribution in [1.29, 1.82) is 0 Å². The molecule has 3 aromatic rings. The number of rotatable bonds is 4. The van der Waals surface area contributed by atoms with E-state index in [1.54, 1.807) is 42.6 Å². The number of hydrogen-bond acceptors (Lipinski definition) is 3. The average Bonchev–Trinajstić information content (AvgIpc) is 2.58. The third kappa shape index (κ3) is 4.47. The van der Waals surface area contributed by atoms with Crippen LogP contribution in [0.3, 0.4) is 0 Å². The van der Waals surface area contributed by atoms with Crippen molar-refractivity contribution in [2.45, 2.75) is 0 Å². The second-order valence-electron chi connectivity index (χ2n) is 5.18. The maximum absolute atomic E-state index is 13.2. The van der Waals surface area contributed by atoms with Crippen molar-refractivity contribution >= 4 is 46.2 Å². The molecule has 2 N–H and O–H groups in total. The summed E-state index contributed by atoms with van der Waals surface area (Å²) in [5.41, 5.74) is 2.10. The number of nitrogens with zero attached hydrogens (tertiary/aromatic N) is 1. The Morgan fingerprint density at radius 1 is 0.960 bits per heavy atom. The molecule has 0 radical (unpaired) electrons. The molecule has 0 aliphatic carbocycles. The molecule has 0 bridgehead atoms. The molecule has 0 aliphatic heterocycles. The Hall–Kier alpha value is -2.63. The molecule has 0 atom stereocenters. The monoisotopic (exact) mass is 375 g/mol. The maximum Gasteiger partial charge on any atom is 0.257 e. The zero-order valence-corrected chi connectivity index (χ0v) is 14.3. The smallest absolute Gasteiger partial charge is 0.257 e. The summed E-state index contributed by atoms with van der Waals surface area (Å²) in [6, 6.07) is 12.7. The summed E-state index contributed by atoms with van der Waals surface area (Å²) in [5.74, 6) is -0.824. The largest absolute Gasteiger partial charge is 0.354 e. The number of aromatic nitrogens is 1. The molecule has 0 saturated carbocycles. The molecule has 1 amide bonds. The molecule has 7 heteroatoms. The van der Waals surface area contributed by atoms with E-state index in [9.17, 15) is 9.18 Å². The second-order valence-corrected chi connectivity index (χ2v) is 6.02. The third-order valence-electron chi connectivity index (χ3n) is 3.29. The Morgan fingerprint density at radius 3 is 2.56 bits per heavy atom. The molecular weight excluding hydrogens is 364 g/mol. The summed E-state index contributed by atoms with van der Waals surface area (Å²) < 4.78 is 13.2. The van der Waals surface area contributed by atoms with Crippen LogP contribution in [0.4, 0.5) is 21.5 Å². The summed E-state index contributed by atoms with van der Waals surface area (Å²) in [5, 5.41) is 6.30. The molecule has 0 unspecified atom stereocenters. The van der Waals surface area contributed by atoms with Crippen molar-refractivity contribution in [3.05, 3.63) is 82.4 Å². The van der Waals surface area contributed by atoms with Crippen molar-refractivity contribution < 1.29 is 9.18 Å². The topological polar surface area (TPSA) is 54.0 Å². The van der Waals surface area contributed by atoms with Crippen LogP contribution in [0.25, 0.3) is 0 Å². The zero-order chi connectivity index (χ0) is 17.8. The van der Waals surface area contributed by atoms with Gasteiger partial charge in [0.25, 0.3) is 5.91 Å². The fourth-order valence-corrected chi connectivity index (χ4v) is 2.51. The van der Waals surface area contributed by atoms with Crippen LogP contribution in [0.5, 0.6) is 0 Å². The summed E-state index contributed by atoms with van der Waals surface area (Å²) in [7, 11) is 0. The van der Waals surface area contributed by atoms with Gasteiger partial charge in [0, 0.05) is 22.6 Å². The summed E-state index contributed by atoms with van der Waals surface area (Å²) in [4.78, 5) is 16.4. The van der Waals surface area contributed by atoms with Crippen LogP contribution in [0.2, 0.25) is 10.0 Å². The van der Waals surface area contributed by atoms with E-state index < -0.39 is 5.82 Å². The van der Waals surface area contributed by atoms with Crippen LogP contribution in [-0.2, 0) is 0 Å². The normalized spacial score (nSPS) is 10.4. The van der Waals surface area contributed by atoms with E-state index in [2.05, 4.69) is 15.6 Å². The van der Waals surface area contributed by atoms with E-state index >= 15 is 0 Å². The van der Waals surface area contributed by atoms with Gasteiger partial charge in [-0.05, 0) is 42.5 Å². The Kier molecular flexibility index (Phi) is 5.16. The van der Waals surface area contributed by atoms with E-state index in [0.29, 0.717) is 27.6 Å². The third-order valence-corrected chi connectivity index (χ3v) is 3.82. The lowest BCUT2D eigenvalue weighted by Crippen LogP contribution is -2.12. The maximum atomic E-state index is 13.2. The molecule has 1 aromatic heterocycles. The van der Waals surface area contributed by atoms with E-state index in [0.717, 1.165) is 0 Å². The van der Waals surface area contributed by atoms with Gasteiger partial charge in [-0.2, -0.15) is 0 Å². The van der Waals surface area contributed by atoms with Gasteiger partial charge in [-0.15, -0.1) is 0 Å². The first-order chi connectivity index (χ1) is 12.0. The molecule has 25 heavy (non-hydrogen) atoms.